The minimum Gasteiger partial charge on any atom is -0.494 e. The van der Waals surface area contributed by atoms with E-state index >= 15 is 0 Å². The van der Waals surface area contributed by atoms with Crippen molar-refractivity contribution in [2.24, 2.45) is 0 Å². The number of methoxy groups -OCH3 is 1. The minimum atomic E-state index is -0.418. The summed E-state index contributed by atoms with van der Waals surface area (Å²) < 4.78 is 20.6. The van der Waals surface area contributed by atoms with Gasteiger partial charge in [0.2, 0.25) is 0 Å². The maximum Gasteiger partial charge on any atom is 0.262 e. The molecular formula is C23H18ClFN2O2S. The first-order chi connectivity index (χ1) is 14.5. The zero-order chi connectivity index (χ0) is 21.1. The average Bonchev–Trinajstić information content (AvgIpc) is 2.75. The van der Waals surface area contributed by atoms with E-state index in [1.807, 2.05) is 36.4 Å². The monoisotopic (exact) mass is 440 g/mol. The number of aromatic nitrogens is 2. The van der Waals surface area contributed by atoms with E-state index in [4.69, 9.17) is 21.3 Å². The maximum atomic E-state index is 14.0. The number of thioether (sulfide) groups is 1. The minimum absolute atomic E-state index is 0.121. The maximum absolute atomic E-state index is 14.0. The number of nitrogens with zero attached hydrogens (tertiary/aromatic N) is 2. The van der Waals surface area contributed by atoms with Crippen molar-refractivity contribution in [1.82, 2.24) is 9.55 Å². The van der Waals surface area contributed by atoms with E-state index in [9.17, 15) is 9.18 Å². The molecule has 7 heteroatoms. The molecule has 0 aliphatic rings. The lowest BCUT2D eigenvalue weighted by Gasteiger charge is -2.14. The van der Waals surface area contributed by atoms with E-state index < -0.39 is 5.82 Å². The van der Waals surface area contributed by atoms with Gasteiger partial charge in [-0.3, -0.25) is 9.36 Å². The number of rotatable bonds is 6. The molecule has 0 spiro atoms. The number of benzene rings is 3. The number of halogens is 2. The normalized spacial score (nSPS) is 11.0. The molecule has 0 amide bonds. The summed E-state index contributed by atoms with van der Waals surface area (Å²) in [6.07, 6.45) is 0. The standard InChI is InChI=1S/C23H18ClFN2O2S/c1-29-21-10-9-16(12-19(21)25)14-30-23-26-20-8-3-2-7-18(20)22(28)27(23)13-15-5-4-6-17(24)11-15/h2-12H,13-14H2,1H3. The molecule has 0 aliphatic carbocycles. The second kappa shape index (κ2) is 8.90. The topological polar surface area (TPSA) is 44.1 Å². The molecule has 30 heavy (non-hydrogen) atoms. The van der Waals surface area contributed by atoms with Crippen LogP contribution in [0.1, 0.15) is 11.1 Å². The predicted octanol–water partition coefficient (Wildman–Crippen LogP) is 5.54. The lowest BCUT2D eigenvalue weighted by Crippen LogP contribution is -2.24. The van der Waals surface area contributed by atoms with Gasteiger partial charge in [0.1, 0.15) is 0 Å². The van der Waals surface area contributed by atoms with Crippen molar-refractivity contribution in [3.05, 3.63) is 99.1 Å². The zero-order valence-electron chi connectivity index (χ0n) is 16.1. The molecule has 0 saturated carbocycles. The number of ether oxygens (including phenoxy) is 1. The van der Waals surface area contributed by atoms with Gasteiger partial charge in [-0.25, -0.2) is 9.37 Å². The molecule has 1 aromatic heterocycles. The Kier molecular flexibility index (Phi) is 6.06. The first kappa shape index (κ1) is 20.4. The van der Waals surface area contributed by atoms with Crippen LogP contribution in [0.4, 0.5) is 4.39 Å². The Morgan fingerprint density at radius 3 is 2.67 bits per heavy atom. The average molecular weight is 441 g/mol. The highest BCUT2D eigenvalue weighted by atomic mass is 35.5. The molecule has 4 rings (SSSR count). The van der Waals surface area contributed by atoms with E-state index in [1.165, 1.54) is 24.9 Å². The Bertz CT molecular complexity index is 1280. The first-order valence-electron chi connectivity index (χ1n) is 9.24. The van der Waals surface area contributed by atoms with Gasteiger partial charge in [-0.1, -0.05) is 53.7 Å². The highest BCUT2D eigenvalue weighted by Gasteiger charge is 2.13. The summed E-state index contributed by atoms with van der Waals surface area (Å²) in [5.41, 5.74) is 2.19. The van der Waals surface area contributed by atoms with Gasteiger partial charge in [-0.2, -0.15) is 0 Å². The highest BCUT2D eigenvalue weighted by Crippen LogP contribution is 2.26. The van der Waals surface area contributed by atoms with Gasteiger partial charge in [-0.05, 0) is 47.5 Å². The Labute approximate surface area is 182 Å². The Morgan fingerprint density at radius 1 is 1.07 bits per heavy atom. The third-order valence-corrected chi connectivity index (χ3v) is 5.92. The second-order valence-electron chi connectivity index (χ2n) is 6.69. The van der Waals surface area contributed by atoms with Crippen LogP contribution in [-0.4, -0.2) is 16.7 Å². The molecule has 0 atom stereocenters. The summed E-state index contributed by atoms with van der Waals surface area (Å²) >= 11 is 7.50. The van der Waals surface area contributed by atoms with Crippen LogP contribution in [0.25, 0.3) is 10.9 Å². The quantitative estimate of drug-likeness (QED) is 0.292. The van der Waals surface area contributed by atoms with E-state index in [1.54, 1.807) is 28.8 Å². The zero-order valence-corrected chi connectivity index (χ0v) is 17.7. The van der Waals surface area contributed by atoms with Crippen LogP contribution in [-0.2, 0) is 12.3 Å². The Hall–Kier alpha value is -2.83. The van der Waals surface area contributed by atoms with Crippen LogP contribution in [0, 0.1) is 5.82 Å². The van der Waals surface area contributed by atoms with Crippen molar-refractivity contribution in [1.29, 1.82) is 0 Å². The van der Waals surface area contributed by atoms with Crippen molar-refractivity contribution in [3.8, 4) is 5.75 Å². The molecule has 0 aliphatic heterocycles. The van der Waals surface area contributed by atoms with Gasteiger partial charge in [0.15, 0.2) is 16.7 Å². The van der Waals surface area contributed by atoms with E-state index in [0.29, 0.717) is 33.4 Å². The predicted molar refractivity (Wildman–Crippen MR) is 119 cm³/mol. The van der Waals surface area contributed by atoms with Crippen LogP contribution >= 0.6 is 23.4 Å². The largest absolute Gasteiger partial charge is 0.494 e. The third kappa shape index (κ3) is 4.35. The Balaban J connectivity index is 1.71. The second-order valence-corrected chi connectivity index (χ2v) is 8.07. The summed E-state index contributed by atoms with van der Waals surface area (Å²) in [5.74, 6) is 0.241. The molecule has 0 saturated heterocycles. The van der Waals surface area contributed by atoms with Crippen molar-refractivity contribution >= 4 is 34.3 Å². The summed E-state index contributed by atoms with van der Waals surface area (Å²) in [6, 6.07) is 19.5. The van der Waals surface area contributed by atoms with Crippen molar-refractivity contribution in [3.63, 3.8) is 0 Å². The fourth-order valence-electron chi connectivity index (χ4n) is 3.16. The molecule has 1 heterocycles. The summed E-state index contributed by atoms with van der Waals surface area (Å²) in [7, 11) is 1.43. The molecule has 152 valence electrons. The number of fused-ring (bicyclic) bond motifs is 1. The number of hydrogen-bond donors (Lipinski definition) is 0. The molecule has 0 N–H and O–H groups in total. The van der Waals surface area contributed by atoms with Crippen LogP contribution in [0.2, 0.25) is 5.02 Å². The number of para-hydroxylation sites is 1. The molecule has 4 nitrogen and oxygen atoms in total. The van der Waals surface area contributed by atoms with Gasteiger partial charge in [0.05, 0.1) is 24.6 Å². The van der Waals surface area contributed by atoms with Crippen molar-refractivity contribution in [2.75, 3.05) is 7.11 Å². The fraction of sp³-hybridized carbons (Fsp3) is 0.130. The summed E-state index contributed by atoms with van der Waals surface area (Å²) in [5, 5.41) is 1.73. The van der Waals surface area contributed by atoms with Gasteiger partial charge in [-0.15, -0.1) is 0 Å². The smallest absolute Gasteiger partial charge is 0.262 e. The third-order valence-electron chi connectivity index (χ3n) is 4.64. The van der Waals surface area contributed by atoms with Crippen LogP contribution in [0.3, 0.4) is 0 Å². The van der Waals surface area contributed by atoms with Gasteiger partial charge >= 0.3 is 0 Å². The summed E-state index contributed by atoms with van der Waals surface area (Å²) in [4.78, 5) is 17.9. The summed E-state index contributed by atoms with van der Waals surface area (Å²) in [6.45, 7) is 0.344. The van der Waals surface area contributed by atoms with Crippen LogP contribution in [0.15, 0.2) is 76.7 Å². The molecule has 0 bridgehead atoms. The molecule has 0 radical (unpaired) electrons. The highest BCUT2D eigenvalue weighted by molar-refractivity contribution is 7.98. The first-order valence-corrected chi connectivity index (χ1v) is 10.6. The van der Waals surface area contributed by atoms with E-state index in [-0.39, 0.29) is 11.3 Å². The lowest BCUT2D eigenvalue weighted by atomic mass is 10.2. The molecule has 0 fully saturated rings. The van der Waals surface area contributed by atoms with Crippen molar-refractivity contribution in [2.45, 2.75) is 17.5 Å². The van der Waals surface area contributed by atoms with Crippen LogP contribution < -0.4 is 10.3 Å². The molecule has 4 aromatic rings. The van der Waals surface area contributed by atoms with E-state index in [0.717, 1.165) is 11.1 Å². The fourth-order valence-corrected chi connectivity index (χ4v) is 4.32. The molecular weight excluding hydrogens is 423 g/mol. The number of hydrogen-bond acceptors (Lipinski definition) is 4. The molecule has 0 unspecified atom stereocenters. The van der Waals surface area contributed by atoms with E-state index in [2.05, 4.69) is 0 Å². The van der Waals surface area contributed by atoms with Crippen molar-refractivity contribution < 1.29 is 9.13 Å². The van der Waals surface area contributed by atoms with Gasteiger partial charge < -0.3 is 4.74 Å². The lowest BCUT2D eigenvalue weighted by molar-refractivity contribution is 0.386. The van der Waals surface area contributed by atoms with Crippen LogP contribution in [0.5, 0.6) is 5.75 Å². The molecule has 3 aromatic carbocycles. The Morgan fingerprint density at radius 2 is 1.90 bits per heavy atom. The SMILES string of the molecule is COc1ccc(CSc2nc3ccccc3c(=O)n2Cc2cccc(Cl)c2)cc1F. The van der Waals surface area contributed by atoms with Gasteiger partial charge in [0.25, 0.3) is 5.56 Å². The van der Waals surface area contributed by atoms with Gasteiger partial charge in [0, 0.05) is 10.8 Å².